The maximum Gasteiger partial charge on any atom is 0.324 e. The molecule has 0 radical (unpaired) electrons. The lowest BCUT2D eigenvalue weighted by atomic mass is 10.0. The van der Waals surface area contributed by atoms with Gasteiger partial charge in [0.05, 0.1) is 10.9 Å². The summed E-state index contributed by atoms with van der Waals surface area (Å²) < 4.78 is 5.42. The second kappa shape index (κ2) is 10.5. The molecule has 0 aliphatic rings. The number of alkyl halides is 1. The molecule has 0 saturated heterocycles. The topological polar surface area (TPSA) is 26.3 Å². The minimum atomic E-state index is -0.333. The maximum absolute atomic E-state index is 11.9. The van der Waals surface area contributed by atoms with Crippen LogP contribution < -0.4 is 4.74 Å². The van der Waals surface area contributed by atoms with Gasteiger partial charge in [-0.3, -0.25) is 4.79 Å². The van der Waals surface area contributed by atoms with Crippen LogP contribution in [0.25, 0.3) is 0 Å². The Morgan fingerprint density at radius 2 is 1.03 bits per heavy atom. The summed E-state index contributed by atoms with van der Waals surface area (Å²) in [4.78, 5) is 15.3. The van der Waals surface area contributed by atoms with Crippen LogP contribution in [0.5, 0.6) is 5.75 Å². The molecular formula is C27H30BrO2S+. The third-order valence-electron chi connectivity index (χ3n) is 5.17. The average molecular weight is 499 g/mol. The van der Waals surface area contributed by atoms with Gasteiger partial charge >= 0.3 is 5.97 Å². The fourth-order valence-electron chi connectivity index (χ4n) is 3.23. The molecule has 4 heteroatoms. The number of benzene rings is 3. The van der Waals surface area contributed by atoms with Gasteiger partial charge in [-0.15, -0.1) is 0 Å². The lowest BCUT2D eigenvalue weighted by Crippen LogP contribution is -2.17. The third-order valence-corrected chi connectivity index (χ3v) is 7.77. The number of halogens is 1. The summed E-state index contributed by atoms with van der Waals surface area (Å²) in [6.45, 7) is 10.6. The van der Waals surface area contributed by atoms with Gasteiger partial charge in [-0.25, -0.2) is 0 Å². The minimum absolute atomic E-state index is 0.237. The summed E-state index contributed by atoms with van der Waals surface area (Å²) in [5.74, 6) is 1.29. The van der Waals surface area contributed by atoms with Gasteiger partial charge in [0.25, 0.3) is 0 Å². The molecule has 0 bridgehead atoms. The maximum atomic E-state index is 11.9. The summed E-state index contributed by atoms with van der Waals surface area (Å²) >= 11 is 3.25. The van der Waals surface area contributed by atoms with Crippen molar-refractivity contribution in [2.45, 2.75) is 66.0 Å². The van der Waals surface area contributed by atoms with Crippen LogP contribution in [0.3, 0.4) is 0 Å². The fourth-order valence-corrected chi connectivity index (χ4v) is 5.36. The normalized spacial score (nSPS) is 12.4. The first-order valence-electron chi connectivity index (χ1n) is 10.7. The molecule has 0 spiro atoms. The van der Waals surface area contributed by atoms with Gasteiger partial charge in [-0.05, 0) is 78.4 Å². The quantitative estimate of drug-likeness (QED) is 0.144. The van der Waals surface area contributed by atoms with Gasteiger partial charge in [-0.1, -0.05) is 67.9 Å². The monoisotopic (exact) mass is 497 g/mol. The van der Waals surface area contributed by atoms with E-state index in [1.165, 1.54) is 25.8 Å². The molecule has 0 aromatic heterocycles. The molecule has 0 N–H and O–H groups in total. The first-order chi connectivity index (χ1) is 14.8. The molecule has 162 valence electrons. The lowest BCUT2D eigenvalue weighted by molar-refractivity contribution is -0.133. The van der Waals surface area contributed by atoms with Crippen molar-refractivity contribution in [1.29, 1.82) is 0 Å². The van der Waals surface area contributed by atoms with Crippen molar-refractivity contribution in [3.63, 3.8) is 0 Å². The van der Waals surface area contributed by atoms with E-state index in [1.54, 1.807) is 6.92 Å². The second-order valence-corrected chi connectivity index (χ2v) is 11.7. The number of carbonyl (C=O) groups is 1. The van der Waals surface area contributed by atoms with Crippen molar-refractivity contribution in [1.82, 2.24) is 0 Å². The molecule has 0 saturated carbocycles. The van der Waals surface area contributed by atoms with Crippen LogP contribution in [-0.2, 0) is 15.7 Å². The standard InChI is InChI=1S/C27H30BrO2S/c1-18(2)21-6-12-24(13-7-21)31(25-14-8-22(9-15-25)19(3)4)26-16-10-23(11-17-26)30-27(29)20(5)28/h6-20H,1-5H3/q+1. The van der Waals surface area contributed by atoms with E-state index in [-0.39, 0.29) is 21.7 Å². The molecule has 3 rings (SSSR count). The molecule has 1 atom stereocenters. The Hall–Kier alpha value is -2.04. The van der Waals surface area contributed by atoms with Gasteiger partial charge < -0.3 is 4.74 Å². The Morgan fingerprint density at radius 1 is 0.677 bits per heavy atom. The highest BCUT2D eigenvalue weighted by molar-refractivity contribution is 9.10. The predicted molar refractivity (Wildman–Crippen MR) is 134 cm³/mol. The molecule has 31 heavy (non-hydrogen) atoms. The first-order valence-corrected chi connectivity index (χ1v) is 12.8. The number of ether oxygens (including phenoxy) is 1. The number of hydrogen-bond acceptors (Lipinski definition) is 2. The molecule has 1 unspecified atom stereocenters. The fraction of sp³-hybridized carbons (Fsp3) is 0.296. The van der Waals surface area contributed by atoms with E-state index < -0.39 is 0 Å². The molecular weight excluding hydrogens is 468 g/mol. The highest BCUT2D eigenvalue weighted by atomic mass is 79.9. The van der Waals surface area contributed by atoms with E-state index in [0.717, 1.165) is 0 Å². The highest BCUT2D eigenvalue weighted by Crippen LogP contribution is 2.33. The van der Waals surface area contributed by atoms with Crippen LogP contribution in [0.15, 0.2) is 87.5 Å². The lowest BCUT2D eigenvalue weighted by Gasteiger charge is -2.12. The van der Waals surface area contributed by atoms with Gasteiger partial charge in [0.15, 0.2) is 14.7 Å². The second-order valence-electron chi connectivity index (χ2n) is 8.26. The molecule has 0 aliphatic carbocycles. The molecule has 3 aromatic rings. The summed E-state index contributed by atoms with van der Waals surface area (Å²) in [5.41, 5.74) is 2.68. The van der Waals surface area contributed by atoms with E-state index in [1.807, 2.05) is 12.1 Å². The summed E-state index contributed by atoms with van der Waals surface area (Å²) in [6.07, 6.45) is 0. The van der Waals surface area contributed by atoms with Crippen LogP contribution in [0, 0.1) is 0 Å². The Balaban J connectivity index is 1.98. The largest absolute Gasteiger partial charge is 0.426 e. The minimum Gasteiger partial charge on any atom is -0.426 e. The molecule has 2 nitrogen and oxygen atoms in total. The molecule has 0 aliphatic heterocycles. The van der Waals surface area contributed by atoms with Gasteiger partial charge in [0.1, 0.15) is 10.6 Å². The van der Waals surface area contributed by atoms with Crippen LogP contribution >= 0.6 is 15.9 Å². The van der Waals surface area contributed by atoms with Gasteiger partial charge in [-0.2, -0.15) is 0 Å². The Labute approximate surface area is 197 Å². The smallest absolute Gasteiger partial charge is 0.324 e. The van der Waals surface area contributed by atoms with Crippen molar-refractivity contribution in [2.75, 3.05) is 0 Å². The van der Waals surface area contributed by atoms with Crippen molar-refractivity contribution < 1.29 is 9.53 Å². The van der Waals surface area contributed by atoms with Crippen molar-refractivity contribution in [2.24, 2.45) is 0 Å². The summed E-state index contributed by atoms with van der Waals surface area (Å²) in [5, 5.41) is 0. The number of hydrogen-bond donors (Lipinski definition) is 0. The van der Waals surface area contributed by atoms with E-state index in [9.17, 15) is 4.79 Å². The number of carbonyl (C=O) groups excluding carboxylic acids is 1. The molecule has 0 fully saturated rings. The van der Waals surface area contributed by atoms with Crippen molar-refractivity contribution >= 4 is 32.8 Å². The zero-order chi connectivity index (χ0) is 22.5. The Kier molecular flexibility index (Phi) is 8.01. The predicted octanol–water partition coefficient (Wildman–Crippen LogP) is 7.72. The van der Waals surface area contributed by atoms with Crippen LogP contribution in [0.2, 0.25) is 0 Å². The molecule has 0 heterocycles. The van der Waals surface area contributed by atoms with Crippen molar-refractivity contribution in [3.8, 4) is 5.75 Å². The van der Waals surface area contributed by atoms with Gasteiger partial charge in [0.2, 0.25) is 0 Å². The zero-order valence-electron chi connectivity index (χ0n) is 18.8. The van der Waals surface area contributed by atoms with E-state index in [0.29, 0.717) is 17.6 Å². The zero-order valence-corrected chi connectivity index (χ0v) is 21.2. The van der Waals surface area contributed by atoms with Gasteiger partial charge in [0, 0.05) is 0 Å². The van der Waals surface area contributed by atoms with E-state index in [4.69, 9.17) is 4.74 Å². The summed E-state index contributed by atoms with van der Waals surface area (Å²) in [6, 6.07) is 25.8. The Morgan fingerprint density at radius 3 is 1.35 bits per heavy atom. The summed E-state index contributed by atoms with van der Waals surface area (Å²) in [7, 11) is -0.237. The number of rotatable bonds is 7. The Bertz CT molecular complexity index is 939. The van der Waals surface area contributed by atoms with Crippen LogP contribution in [0.1, 0.15) is 57.6 Å². The van der Waals surface area contributed by atoms with Crippen LogP contribution in [-0.4, -0.2) is 10.8 Å². The first kappa shape index (κ1) is 23.6. The number of esters is 1. The highest BCUT2D eigenvalue weighted by Gasteiger charge is 2.29. The molecule has 0 amide bonds. The SMILES string of the molecule is CC(Br)C(=O)Oc1ccc([S+](c2ccc(C(C)C)cc2)c2ccc(C(C)C)cc2)cc1. The van der Waals surface area contributed by atoms with E-state index >= 15 is 0 Å². The van der Waals surface area contributed by atoms with Crippen molar-refractivity contribution in [3.05, 3.63) is 83.9 Å². The third kappa shape index (κ3) is 6.02. The average Bonchev–Trinajstić information content (AvgIpc) is 2.75. The molecule has 3 aromatic carbocycles. The van der Waals surface area contributed by atoms with Crippen LogP contribution in [0.4, 0.5) is 0 Å². The van der Waals surface area contributed by atoms with E-state index in [2.05, 4.69) is 104 Å².